The molecule has 0 aromatic carbocycles. The lowest BCUT2D eigenvalue weighted by molar-refractivity contribution is 0.112. The van der Waals surface area contributed by atoms with Crippen molar-refractivity contribution in [2.45, 2.75) is 38.6 Å². The van der Waals surface area contributed by atoms with Crippen molar-refractivity contribution < 1.29 is 13.2 Å². The van der Waals surface area contributed by atoms with E-state index in [1.54, 1.807) is 0 Å². The van der Waals surface area contributed by atoms with Gasteiger partial charge in [-0.2, -0.15) is 0 Å². The Morgan fingerprint density at radius 2 is 2.05 bits per heavy atom. The molecule has 1 atom stereocenters. The van der Waals surface area contributed by atoms with Gasteiger partial charge in [0.2, 0.25) is 0 Å². The number of aromatic nitrogens is 1. The van der Waals surface area contributed by atoms with E-state index in [9.17, 15) is 13.2 Å². The maximum Gasteiger partial charge on any atom is 0.186 e. The molecular formula is C13H20N2O3S2. The molecular weight excluding hydrogens is 296 g/mol. The molecule has 0 aliphatic carbocycles. The smallest absolute Gasteiger partial charge is 0.186 e. The van der Waals surface area contributed by atoms with E-state index >= 15 is 0 Å². The van der Waals surface area contributed by atoms with Crippen LogP contribution in [-0.4, -0.2) is 44.3 Å². The first-order chi connectivity index (χ1) is 9.14. The summed E-state index contributed by atoms with van der Waals surface area (Å²) in [6, 6.07) is -0.0431. The number of carbonyl (C=O) groups is 1. The fourth-order valence-electron chi connectivity index (χ4n) is 2.33. The fraction of sp³-hybridized carbons (Fsp3) is 0.692. The van der Waals surface area contributed by atoms with Crippen molar-refractivity contribution in [1.82, 2.24) is 4.98 Å². The molecule has 2 heterocycles. The number of aldehydes is 1. The molecule has 1 aromatic rings. The molecule has 0 bridgehead atoms. The topological polar surface area (TPSA) is 67.3 Å². The van der Waals surface area contributed by atoms with Crippen LogP contribution in [0.25, 0.3) is 0 Å². The summed E-state index contributed by atoms with van der Waals surface area (Å²) in [7, 11) is -1.07. The highest BCUT2D eigenvalue weighted by molar-refractivity contribution is 7.91. The van der Waals surface area contributed by atoms with Crippen LogP contribution in [-0.2, 0) is 15.3 Å². The van der Waals surface area contributed by atoms with Gasteiger partial charge in [-0.3, -0.25) is 4.79 Å². The largest absolute Gasteiger partial charge is 0.347 e. The van der Waals surface area contributed by atoms with Gasteiger partial charge in [0.15, 0.2) is 21.3 Å². The maximum atomic E-state index is 11.6. The second kappa shape index (κ2) is 5.11. The summed E-state index contributed by atoms with van der Waals surface area (Å²) in [4.78, 5) is 18.3. The normalized spacial score (nSPS) is 21.9. The van der Waals surface area contributed by atoms with Crippen molar-refractivity contribution >= 4 is 32.6 Å². The molecule has 1 fully saturated rings. The SMILES string of the molecule is CN(c1nc(C(C)(C)C)c(C=O)s1)C1CCS(=O)(=O)C1. The lowest BCUT2D eigenvalue weighted by Gasteiger charge is -2.22. The zero-order valence-corrected chi connectivity index (χ0v) is 13.8. The van der Waals surface area contributed by atoms with Crippen molar-refractivity contribution in [3.8, 4) is 0 Å². The minimum absolute atomic E-state index is 0.0431. The molecule has 2 rings (SSSR count). The molecule has 1 saturated heterocycles. The van der Waals surface area contributed by atoms with Crippen LogP contribution in [0, 0.1) is 0 Å². The molecule has 5 nitrogen and oxygen atoms in total. The Labute approximate surface area is 123 Å². The molecule has 0 saturated carbocycles. The van der Waals surface area contributed by atoms with Crippen LogP contribution in [0.5, 0.6) is 0 Å². The number of rotatable bonds is 3. The van der Waals surface area contributed by atoms with Crippen LogP contribution < -0.4 is 4.90 Å². The molecule has 1 aromatic heterocycles. The van der Waals surface area contributed by atoms with Crippen LogP contribution >= 0.6 is 11.3 Å². The van der Waals surface area contributed by atoms with Gasteiger partial charge in [0, 0.05) is 18.5 Å². The van der Waals surface area contributed by atoms with Gasteiger partial charge in [-0.25, -0.2) is 13.4 Å². The van der Waals surface area contributed by atoms with Crippen LogP contribution in [0.15, 0.2) is 0 Å². The molecule has 7 heteroatoms. The lowest BCUT2D eigenvalue weighted by atomic mass is 9.91. The minimum atomic E-state index is -2.92. The molecule has 0 spiro atoms. The van der Waals surface area contributed by atoms with E-state index < -0.39 is 9.84 Å². The first kappa shape index (κ1) is 15.4. The molecule has 1 unspecified atom stereocenters. The summed E-state index contributed by atoms with van der Waals surface area (Å²) in [6.07, 6.45) is 1.46. The van der Waals surface area contributed by atoms with Crippen LogP contribution in [0.2, 0.25) is 0 Å². The van der Waals surface area contributed by atoms with Gasteiger partial charge in [-0.15, -0.1) is 0 Å². The van der Waals surface area contributed by atoms with Gasteiger partial charge < -0.3 is 4.90 Å². The van der Waals surface area contributed by atoms with E-state index in [0.717, 1.165) is 17.1 Å². The number of hydrogen-bond acceptors (Lipinski definition) is 6. The highest BCUT2D eigenvalue weighted by atomic mass is 32.2. The zero-order valence-electron chi connectivity index (χ0n) is 12.2. The second-order valence-corrected chi connectivity index (χ2v) is 9.48. The lowest BCUT2D eigenvalue weighted by Crippen LogP contribution is -2.32. The summed E-state index contributed by atoms with van der Waals surface area (Å²) < 4.78 is 23.1. The van der Waals surface area contributed by atoms with E-state index in [0.29, 0.717) is 11.3 Å². The fourth-order valence-corrected chi connectivity index (χ4v) is 5.22. The molecule has 1 aliphatic rings. The molecule has 0 amide bonds. The summed E-state index contributed by atoms with van der Waals surface area (Å²) in [5, 5.41) is 0.721. The average molecular weight is 316 g/mol. The highest BCUT2D eigenvalue weighted by Crippen LogP contribution is 2.34. The summed E-state index contributed by atoms with van der Waals surface area (Å²) in [5.74, 6) is 0.407. The number of nitrogens with zero attached hydrogens (tertiary/aromatic N) is 2. The third kappa shape index (κ3) is 3.03. The van der Waals surface area contributed by atoms with Gasteiger partial charge in [0.25, 0.3) is 0 Å². The van der Waals surface area contributed by atoms with Crippen molar-refractivity contribution in [3.63, 3.8) is 0 Å². The summed E-state index contributed by atoms with van der Waals surface area (Å²) >= 11 is 1.33. The van der Waals surface area contributed by atoms with Gasteiger partial charge in [-0.1, -0.05) is 32.1 Å². The van der Waals surface area contributed by atoms with Gasteiger partial charge in [-0.05, 0) is 6.42 Å². The molecule has 0 N–H and O–H groups in total. The first-order valence-corrected chi connectivity index (χ1v) is 9.17. The molecule has 112 valence electrons. The average Bonchev–Trinajstić information content (AvgIpc) is 2.90. The van der Waals surface area contributed by atoms with Gasteiger partial charge in [0.1, 0.15) is 0 Å². The second-order valence-electron chi connectivity index (χ2n) is 6.24. The van der Waals surface area contributed by atoms with E-state index in [1.165, 1.54) is 11.3 Å². The van der Waals surface area contributed by atoms with Crippen molar-refractivity contribution in [2.24, 2.45) is 0 Å². The number of carbonyl (C=O) groups excluding carboxylic acids is 1. The Kier molecular flexibility index (Phi) is 3.94. The van der Waals surface area contributed by atoms with E-state index in [-0.39, 0.29) is 23.0 Å². The molecule has 0 radical (unpaired) electrons. The van der Waals surface area contributed by atoms with E-state index in [2.05, 4.69) is 4.98 Å². The predicted molar refractivity (Wildman–Crippen MR) is 81.7 cm³/mol. The highest BCUT2D eigenvalue weighted by Gasteiger charge is 2.33. The first-order valence-electron chi connectivity index (χ1n) is 6.54. The summed E-state index contributed by atoms with van der Waals surface area (Å²) in [6.45, 7) is 6.04. The Balaban J connectivity index is 2.30. The van der Waals surface area contributed by atoms with Crippen molar-refractivity contribution in [1.29, 1.82) is 0 Å². The Bertz CT molecular complexity index is 614. The van der Waals surface area contributed by atoms with Crippen LogP contribution in [0.3, 0.4) is 0 Å². The Hall–Kier alpha value is -0.950. The van der Waals surface area contributed by atoms with Crippen LogP contribution in [0.1, 0.15) is 42.6 Å². The van der Waals surface area contributed by atoms with E-state index in [1.807, 2.05) is 32.7 Å². The summed E-state index contributed by atoms with van der Waals surface area (Å²) in [5.41, 5.74) is 0.577. The number of thiazole rings is 1. The molecule has 20 heavy (non-hydrogen) atoms. The van der Waals surface area contributed by atoms with Crippen molar-refractivity contribution in [3.05, 3.63) is 10.6 Å². The van der Waals surface area contributed by atoms with Gasteiger partial charge >= 0.3 is 0 Å². The number of anilines is 1. The zero-order chi connectivity index (χ0) is 15.1. The quantitative estimate of drug-likeness (QED) is 0.797. The predicted octanol–water partition coefficient (Wildman–Crippen LogP) is 1.88. The molecule has 1 aliphatic heterocycles. The van der Waals surface area contributed by atoms with Crippen LogP contribution in [0.4, 0.5) is 5.13 Å². The number of hydrogen-bond donors (Lipinski definition) is 0. The third-order valence-corrected chi connectivity index (χ3v) is 6.34. The standard InChI is InChI=1S/C13H20N2O3S2/c1-13(2,3)11-10(7-16)19-12(14-11)15(4)9-5-6-20(17,18)8-9/h7,9H,5-6,8H2,1-4H3. The van der Waals surface area contributed by atoms with E-state index in [4.69, 9.17) is 0 Å². The number of sulfone groups is 1. The van der Waals surface area contributed by atoms with Crippen molar-refractivity contribution in [2.75, 3.05) is 23.5 Å². The Morgan fingerprint density at radius 3 is 2.45 bits per heavy atom. The monoisotopic (exact) mass is 316 g/mol. The minimum Gasteiger partial charge on any atom is -0.347 e. The van der Waals surface area contributed by atoms with Gasteiger partial charge in [0.05, 0.1) is 22.1 Å². The maximum absolute atomic E-state index is 11.6. The third-order valence-electron chi connectivity index (χ3n) is 3.52. The Morgan fingerprint density at radius 1 is 1.40 bits per heavy atom.